The highest BCUT2D eigenvalue weighted by Gasteiger charge is 2.12. The lowest BCUT2D eigenvalue weighted by molar-refractivity contribution is 0.489. The summed E-state index contributed by atoms with van der Waals surface area (Å²) in [4.78, 5) is 4.24. The molecule has 0 fully saturated rings. The molecule has 1 N–H and O–H groups in total. The van der Waals surface area contributed by atoms with Gasteiger partial charge in [0.05, 0.1) is 11.2 Å². The summed E-state index contributed by atoms with van der Waals surface area (Å²) in [7, 11) is 0. The van der Waals surface area contributed by atoms with Gasteiger partial charge in [0, 0.05) is 23.5 Å². The fraction of sp³-hybridized carbons (Fsp3) is 0.417. The molecule has 1 atom stereocenters. The first-order chi connectivity index (χ1) is 7.66. The third-order valence-corrected chi connectivity index (χ3v) is 3.25. The summed E-state index contributed by atoms with van der Waals surface area (Å²) in [5.74, 6) is 1.96. The van der Waals surface area contributed by atoms with E-state index in [9.17, 15) is 0 Å². The molecular formula is C12H16N2OS. The average molecular weight is 236 g/mol. The van der Waals surface area contributed by atoms with E-state index < -0.39 is 0 Å². The molecule has 0 saturated carbocycles. The molecule has 4 heteroatoms. The highest BCUT2D eigenvalue weighted by Crippen LogP contribution is 2.21. The van der Waals surface area contributed by atoms with Crippen LogP contribution in [0.1, 0.15) is 35.7 Å². The zero-order valence-electron chi connectivity index (χ0n) is 9.78. The first kappa shape index (κ1) is 11.4. The summed E-state index contributed by atoms with van der Waals surface area (Å²) in [6.45, 7) is 6.92. The monoisotopic (exact) mass is 236 g/mol. The van der Waals surface area contributed by atoms with Gasteiger partial charge in [-0.15, -0.1) is 11.3 Å². The third kappa shape index (κ3) is 2.51. The van der Waals surface area contributed by atoms with E-state index in [4.69, 9.17) is 4.42 Å². The van der Waals surface area contributed by atoms with E-state index in [2.05, 4.69) is 28.7 Å². The average Bonchev–Trinajstić information content (AvgIpc) is 2.84. The van der Waals surface area contributed by atoms with Crippen LogP contribution in [0.25, 0.3) is 0 Å². The van der Waals surface area contributed by atoms with Crippen LogP contribution < -0.4 is 5.32 Å². The van der Waals surface area contributed by atoms with Crippen molar-refractivity contribution < 1.29 is 4.42 Å². The summed E-state index contributed by atoms with van der Waals surface area (Å²) >= 11 is 1.62. The molecule has 0 radical (unpaired) electrons. The van der Waals surface area contributed by atoms with Gasteiger partial charge in [-0.3, -0.25) is 0 Å². The summed E-state index contributed by atoms with van der Waals surface area (Å²) in [6.07, 6.45) is 0. The topological polar surface area (TPSA) is 38.1 Å². The first-order valence-corrected chi connectivity index (χ1v) is 6.28. The number of thiazole rings is 1. The van der Waals surface area contributed by atoms with Crippen molar-refractivity contribution in [1.29, 1.82) is 0 Å². The molecule has 0 amide bonds. The van der Waals surface area contributed by atoms with Crippen LogP contribution in [0, 0.1) is 13.8 Å². The predicted molar refractivity (Wildman–Crippen MR) is 65.6 cm³/mol. The van der Waals surface area contributed by atoms with Gasteiger partial charge in [-0.2, -0.15) is 0 Å². The molecule has 86 valence electrons. The van der Waals surface area contributed by atoms with Crippen molar-refractivity contribution in [2.75, 3.05) is 0 Å². The Labute approximate surface area is 99.5 Å². The lowest BCUT2D eigenvalue weighted by Gasteiger charge is -2.11. The van der Waals surface area contributed by atoms with Crippen LogP contribution in [0.5, 0.6) is 0 Å². The maximum Gasteiger partial charge on any atom is 0.105 e. The van der Waals surface area contributed by atoms with Crippen LogP contribution in [0.2, 0.25) is 0 Å². The fourth-order valence-corrected chi connectivity index (χ4v) is 2.33. The standard InChI is InChI=1S/C12H16N2OS/c1-8-4-12(10(3)15-8)9(2)13-5-11-6-16-7-14-11/h4,6-7,9,13H,5H2,1-3H3. The van der Waals surface area contributed by atoms with Crippen molar-refractivity contribution in [1.82, 2.24) is 10.3 Å². The lowest BCUT2D eigenvalue weighted by Crippen LogP contribution is -2.18. The Morgan fingerprint density at radius 3 is 2.88 bits per heavy atom. The molecule has 0 aliphatic carbocycles. The molecule has 2 heterocycles. The van der Waals surface area contributed by atoms with Gasteiger partial charge in [0.1, 0.15) is 11.5 Å². The predicted octanol–water partition coefficient (Wildman–Crippen LogP) is 3.20. The normalized spacial score (nSPS) is 12.9. The number of nitrogens with one attached hydrogen (secondary N) is 1. The van der Waals surface area contributed by atoms with Gasteiger partial charge < -0.3 is 9.73 Å². The van der Waals surface area contributed by atoms with Gasteiger partial charge in [-0.1, -0.05) is 0 Å². The second kappa shape index (κ2) is 4.80. The lowest BCUT2D eigenvalue weighted by atomic mass is 10.1. The molecule has 0 aliphatic rings. The smallest absolute Gasteiger partial charge is 0.105 e. The SMILES string of the molecule is Cc1cc(C(C)NCc2cscn2)c(C)o1. The van der Waals surface area contributed by atoms with Crippen molar-refractivity contribution in [3.8, 4) is 0 Å². The highest BCUT2D eigenvalue weighted by atomic mass is 32.1. The second-order valence-corrected chi connectivity index (χ2v) is 4.67. The number of hydrogen-bond donors (Lipinski definition) is 1. The minimum Gasteiger partial charge on any atom is -0.466 e. The van der Waals surface area contributed by atoms with E-state index in [-0.39, 0.29) is 0 Å². The molecule has 1 unspecified atom stereocenters. The summed E-state index contributed by atoms with van der Waals surface area (Å²) < 4.78 is 5.52. The minimum absolute atomic E-state index is 0.291. The van der Waals surface area contributed by atoms with Crippen molar-refractivity contribution in [2.24, 2.45) is 0 Å². The second-order valence-electron chi connectivity index (χ2n) is 3.95. The van der Waals surface area contributed by atoms with Crippen LogP contribution in [0.15, 0.2) is 21.4 Å². The van der Waals surface area contributed by atoms with Crippen LogP contribution >= 0.6 is 11.3 Å². The molecule has 0 aromatic carbocycles. The van der Waals surface area contributed by atoms with E-state index in [0.29, 0.717) is 6.04 Å². The van der Waals surface area contributed by atoms with Crippen molar-refractivity contribution in [3.63, 3.8) is 0 Å². The van der Waals surface area contributed by atoms with E-state index in [1.54, 1.807) is 11.3 Å². The number of rotatable bonds is 4. The van der Waals surface area contributed by atoms with Crippen molar-refractivity contribution in [3.05, 3.63) is 39.7 Å². The number of aromatic nitrogens is 1. The molecule has 0 spiro atoms. The molecule has 16 heavy (non-hydrogen) atoms. The summed E-state index contributed by atoms with van der Waals surface area (Å²) in [6, 6.07) is 2.38. The maximum absolute atomic E-state index is 5.52. The van der Waals surface area contributed by atoms with Crippen LogP contribution in [0.3, 0.4) is 0 Å². The molecule has 0 aliphatic heterocycles. The zero-order valence-corrected chi connectivity index (χ0v) is 10.6. The number of aryl methyl sites for hydroxylation is 2. The Bertz CT molecular complexity index is 448. The largest absolute Gasteiger partial charge is 0.466 e. The van der Waals surface area contributed by atoms with Crippen molar-refractivity contribution >= 4 is 11.3 Å². The molecule has 2 aromatic rings. The molecule has 2 aromatic heterocycles. The van der Waals surface area contributed by atoms with E-state index >= 15 is 0 Å². The quantitative estimate of drug-likeness (QED) is 0.885. The molecule has 2 rings (SSSR count). The number of furan rings is 1. The molecular weight excluding hydrogens is 220 g/mol. The Balaban J connectivity index is 1.98. The number of hydrogen-bond acceptors (Lipinski definition) is 4. The van der Waals surface area contributed by atoms with Gasteiger partial charge in [0.15, 0.2) is 0 Å². The van der Waals surface area contributed by atoms with Crippen LogP contribution in [0.4, 0.5) is 0 Å². The zero-order chi connectivity index (χ0) is 11.5. The fourth-order valence-electron chi connectivity index (χ4n) is 1.77. The Morgan fingerprint density at radius 2 is 2.31 bits per heavy atom. The molecule has 0 saturated heterocycles. The third-order valence-electron chi connectivity index (χ3n) is 2.62. The number of nitrogens with zero attached hydrogens (tertiary/aromatic N) is 1. The summed E-state index contributed by atoms with van der Waals surface area (Å²) in [5.41, 5.74) is 4.18. The first-order valence-electron chi connectivity index (χ1n) is 5.34. The minimum atomic E-state index is 0.291. The van der Waals surface area contributed by atoms with Gasteiger partial charge in [-0.05, 0) is 26.8 Å². The maximum atomic E-state index is 5.52. The summed E-state index contributed by atoms with van der Waals surface area (Å²) in [5, 5.41) is 5.50. The van der Waals surface area contributed by atoms with Gasteiger partial charge in [0.2, 0.25) is 0 Å². The van der Waals surface area contributed by atoms with Crippen molar-refractivity contribution in [2.45, 2.75) is 33.4 Å². The highest BCUT2D eigenvalue weighted by molar-refractivity contribution is 7.07. The Kier molecular flexibility index (Phi) is 3.41. The molecule has 3 nitrogen and oxygen atoms in total. The van der Waals surface area contributed by atoms with E-state index in [1.165, 1.54) is 5.56 Å². The van der Waals surface area contributed by atoms with Gasteiger partial charge in [-0.25, -0.2) is 4.98 Å². The Morgan fingerprint density at radius 1 is 1.50 bits per heavy atom. The van der Waals surface area contributed by atoms with Crippen LogP contribution in [-0.4, -0.2) is 4.98 Å². The van der Waals surface area contributed by atoms with Gasteiger partial charge >= 0.3 is 0 Å². The van der Waals surface area contributed by atoms with E-state index in [1.807, 2.05) is 19.4 Å². The Hall–Kier alpha value is -1.13. The van der Waals surface area contributed by atoms with E-state index in [0.717, 1.165) is 23.8 Å². The van der Waals surface area contributed by atoms with Gasteiger partial charge in [0.25, 0.3) is 0 Å². The molecule has 0 bridgehead atoms. The van der Waals surface area contributed by atoms with Crippen LogP contribution in [-0.2, 0) is 6.54 Å².